The van der Waals surface area contributed by atoms with Crippen LogP contribution in [-0.4, -0.2) is 4.98 Å². The monoisotopic (exact) mass is 216 g/mol. The van der Waals surface area contributed by atoms with Crippen LogP contribution in [0.3, 0.4) is 0 Å². The van der Waals surface area contributed by atoms with Gasteiger partial charge in [0, 0.05) is 6.20 Å². The number of hydrogen-bond acceptors (Lipinski definition) is 2. The summed E-state index contributed by atoms with van der Waals surface area (Å²) in [5.41, 5.74) is 10.0. The second kappa shape index (κ2) is 5.26. The minimum Gasteiger partial charge on any atom is -0.319 e. The van der Waals surface area contributed by atoms with Crippen LogP contribution in [0.1, 0.15) is 49.9 Å². The van der Waals surface area contributed by atoms with Gasteiger partial charge in [0.15, 0.2) is 0 Å². The van der Waals surface area contributed by atoms with E-state index in [-0.39, 0.29) is 6.04 Å². The van der Waals surface area contributed by atoms with Gasteiger partial charge in [0.25, 0.3) is 0 Å². The van der Waals surface area contributed by atoms with Crippen molar-refractivity contribution in [2.24, 2.45) is 5.73 Å². The number of aromatic nitrogens is 1. The maximum absolute atomic E-state index is 6.32. The summed E-state index contributed by atoms with van der Waals surface area (Å²) >= 11 is 0. The third-order valence-electron chi connectivity index (χ3n) is 3.33. The third kappa shape index (κ3) is 2.33. The van der Waals surface area contributed by atoms with Gasteiger partial charge in [-0.1, -0.05) is 24.6 Å². The standard InChI is InChI=1S/C14H20N2/c1-2-11-9-6-10-16-14(11)13(15)12-7-4-3-5-8-12/h6-7,9-10,13H,2-5,8,15H2,1H3. The molecule has 0 aromatic carbocycles. The molecule has 0 spiro atoms. The van der Waals surface area contributed by atoms with Crippen LogP contribution in [-0.2, 0) is 6.42 Å². The average molecular weight is 216 g/mol. The van der Waals surface area contributed by atoms with Crippen molar-refractivity contribution in [1.82, 2.24) is 4.98 Å². The predicted octanol–water partition coefficient (Wildman–Crippen LogP) is 3.14. The molecule has 0 saturated carbocycles. The lowest BCUT2D eigenvalue weighted by Gasteiger charge is -2.20. The first-order valence-corrected chi connectivity index (χ1v) is 6.21. The van der Waals surface area contributed by atoms with Crippen molar-refractivity contribution in [2.45, 2.75) is 45.1 Å². The molecule has 2 heteroatoms. The van der Waals surface area contributed by atoms with Gasteiger partial charge in [0.1, 0.15) is 0 Å². The summed E-state index contributed by atoms with van der Waals surface area (Å²) in [7, 11) is 0. The second-order valence-corrected chi connectivity index (χ2v) is 4.40. The quantitative estimate of drug-likeness (QED) is 0.788. The Bertz CT molecular complexity index is 382. The first-order chi connectivity index (χ1) is 7.83. The van der Waals surface area contributed by atoms with Crippen molar-refractivity contribution in [3.05, 3.63) is 41.2 Å². The number of rotatable bonds is 3. The van der Waals surface area contributed by atoms with Gasteiger partial charge in [0.2, 0.25) is 0 Å². The Balaban J connectivity index is 2.25. The number of hydrogen-bond donors (Lipinski definition) is 1. The van der Waals surface area contributed by atoms with Gasteiger partial charge >= 0.3 is 0 Å². The van der Waals surface area contributed by atoms with E-state index in [1.54, 1.807) is 0 Å². The van der Waals surface area contributed by atoms with Crippen molar-refractivity contribution in [3.63, 3.8) is 0 Å². The van der Waals surface area contributed by atoms with Gasteiger partial charge < -0.3 is 5.73 Å². The Labute approximate surface area is 97.6 Å². The van der Waals surface area contributed by atoms with Crippen molar-refractivity contribution < 1.29 is 0 Å². The Morgan fingerprint density at radius 3 is 3.00 bits per heavy atom. The number of nitrogens with zero attached hydrogens (tertiary/aromatic N) is 1. The highest BCUT2D eigenvalue weighted by Gasteiger charge is 2.17. The smallest absolute Gasteiger partial charge is 0.0688 e. The molecule has 2 rings (SSSR count). The van der Waals surface area contributed by atoms with Crippen molar-refractivity contribution in [2.75, 3.05) is 0 Å². The summed E-state index contributed by atoms with van der Waals surface area (Å²) in [5, 5.41) is 0. The maximum Gasteiger partial charge on any atom is 0.0688 e. The van der Waals surface area contributed by atoms with E-state index in [1.807, 2.05) is 12.3 Å². The Morgan fingerprint density at radius 1 is 1.44 bits per heavy atom. The molecule has 0 bridgehead atoms. The second-order valence-electron chi connectivity index (χ2n) is 4.40. The summed E-state index contributed by atoms with van der Waals surface area (Å²) in [6, 6.07) is 4.13. The third-order valence-corrected chi connectivity index (χ3v) is 3.33. The summed E-state index contributed by atoms with van der Waals surface area (Å²) < 4.78 is 0. The van der Waals surface area contributed by atoms with Crippen molar-refractivity contribution in [3.8, 4) is 0 Å². The molecule has 1 aromatic rings. The number of nitrogens with two attached hydrogens (primary N) is 1. The largest absolute Gasteiger partial charge is 0.319 e. The van der Waals surface area contributed by atoms with Gasteiger partial charge in [-0.3, -0.25) is 4.98 Å². The molecule has 1 aliphatic rings. The zero-order valence-electron chi connectivity index (χ0n) is 9.95. The normalized spacial score (nSPS) is 18.0. The van der Waals surface area contributed by atoms with E-state index in [2.05, 4.69) is 24.1 Å². The SMILES string of the molecule is CCc1cccnc1C(N)C1=CCCCC1. The Hall–Kier alpha value is -1.15. The lowest BCUT2D eigenvalue weighted by atomic mass is 9.90. The Kier molecular flexibility index (Phi) is 3.73. The molecular weight excluding hydrogens is 196 g/mol. The molecule has 1 aromatic heterocycles. The first kappa shape index (κ1) is 11.3. The molecule has 2 nitrogen and oxygen atoms in total. The molecule has 86 valence electrons. The fourth-order valence-electron chi connectivity index (χ4n) is 2.35. The molecule has 0 aliphatic heterocycles. The predicted molar refractivity (Wildman–Crippen MR) is 67.1 cm³/mol. The van der Waals surface area contributed by atoms with Gasteiger partial charge in [0.05, 0.1) is 11.7 Å². The zero-order chi connectivity index (χ0) is 11.4. The van der Waals surface area contributed by atoms with E-state index in [4.69, 9.17) is 5.73 Å². The molecule has 0 amide bonds. The summed E-state index contributed by atoms with van der Waals surface area (Å²) in [4.78, 5) is 4.46. The topological polar surface area (TPSA) is 38.9 Å². The lowest BCUT2D eigenvalue weighted by Crippen LogP contribution is -2.18. The molecule has 1 atom stereocenters. The minimum absolute atomic E-state index is 0.0106. The van der Waals surface area contributed by atoms with Crippen molar-refractivity contribution in [1.29, 1.82) is 0 Å². The van der Waals surface area contributed by atoms with Crippen LogP contribution >= 0.6 is 0 Å². The fraction of sp³-hybridized carbons (Fsp3) is 0.500. The first-order valence-electron chi connectivity index (χ1n) is 6.21. The van der Waals surface area contributed by atoms with Gasteiger partial charge in [-0.15, -0.1) is 0 Å². The minimum atomic E-state index is 0.0106. The van der Waals surface area contributed by atoms with Crippen LogP contribution < -0.4 is 5.73 Å². The van der Waals surface area contributed by atoms with Crippen LogP contribution in [0, 0.1) is 0 Å². The maximum atomic E-state index is 6.32. The van der Waals surface area contributed by atoms with Gasteiger partial charge in [-0.05, 0) is 43.7 Å². The molecule has 1 unspecified atom stereocenters. The fourth-order valence-corrected chi connectivity index (χ4v) is 2.35. The Morgan fingerprint density at radius 2 is 2.31 bits per heavy atom. The lowest BCUT2D eigenvalue weighted by molar-refractivity contribution is 0.638. The van der Waals surface area contributed by atoms with Crippen molar-refractivity contribution >= 4 is 0 Å². The number of pyridine rings is 1. The highest BCUT2D eigenvalue weighted by atomic mass is 14.8. The molecule has 0 radical (unpaired) electrons. The van der Waals surface area contributed by atoms with E-state index in [9.17, 15) is 0 Å². The average Bonchev–Trinajstić information content (AvgIpc) is 2.39. The van der Waals surface area contributed by atoms with E-state index in [1.165, 1.54) is 30.4 Å². The summed E-state index contributed by atoms with van der Waals surface area (Å²) in [5.74, 6) is 0. The summed E-state index contributed by atoms with van der Waals surface area (Å²) in [6.45, 7) is 2.16. The highest BCUT2D eigenvalue weighted by Crippen LogP contribution is 2.28. The molecule has 0 saturated heterocycles. The van der Waals surface area contributed by atoms with E-state index >= 15 is 0 Å². The number of aryl methyl sites for hydroxylation is 1. The molecular formula is C14H20N2. The van der Waals surface area contributed by atoms with Crippen LogP contribution in [0.25, 0.3) is 0 Å². The molecule has 0 fully saturated rings. The molecule has 1 aliphatic carbocycles. The van der Waals surface area contributed by atoms with Crippen LogP contribution in [0.15, 0.2) is 30.0 Å². The molecule has 16 heavy (non-hydrogen) atoms. The van der Waals surface area contributed by atoms with Gasteiger partial charge in [-0.2, -0.15) is 0 Å². The van der Waals surface area contributed by atoms with Crippen LogP contribution in [0.5, 0.6) is 0 Å². The van der Waals surface area contributed by atoms with E-state index in [0.717, 1.165) is 18.5 Å². The number of allylic oxidation sites excluding steroid dienone is 1. The molecule has 2 N–H and O–H groups in total. The van der Waals surface area contributed by atoms with Gasteiger partial charge in [-0.25, -0.2) is 0 Å². The van der Waals surface area contributed by atoms with Crippen LogP contribution in [0.4, 0.5) is 0 Å². The van der Waals surface area contributed by atoms with E-state index in [0.29, 0.717) is 0 Å². The highest BCUT2D eigenvalue weighted by molar-refractivity contribution is 5.30. The van der Waals surface area contributed by atoms with Crippen LogP contribution in [0.2, 0.25) is 0 Å². The molecule has 1 heterocycles. The zero-order valence-corrected chi connectivity index (χ0v) is 9.95. The van der Waals surface area contributed by atoms with E-state index < -0.39 is 0 Å². The summed E-state index contributed by atoms with van der Waals surface area (Å²) in [6.07, 6.45) is 10.1.